The van der Waals surface area contributed by atoms with Crippen LogP contribution in [0.2, 0.25) is 0 Å². The van der Waals surface area contributed by atoms with Gasteiger partial charge in [0.1, 0.15) is 5.82 Å². The molecular formula is C24H35N5O2. The SMILES string of the molecule is Cc1cc(N2CCOCC2)nc(N2CCN(C(=O)C34CC5CC(CC(C5)C3)C4)CC2)n1. The van der Waals surface area contributed by atoms with Crippen molar-refractivity contribution in [1.29, 1.82) is 0 Å². The van der Waals surface area contributed by atoms with Crippen LogP contribution in [-0.4, -0.2) is 73.3 Å². The van der Waals surface area contributed by atoms with Gasteiger partial charge in [0.25, 0.3) is 0 Å². The monoisotopic (exact) mass is 425 g/mol. The van der Waals surface area contributed by atoms with Gasteiger partial charge in [-0.25, -0.2) is 4.98 Å². The molecule has 2 aliphatic heterocycles. The van der Waals surface area contributed by atoms with E-state index >= 15 is 0 Å². The summed E-state index contributed by atoms with van der Waals surface area (Å²) in [4.78, 5) is 30.0. The zero-order valence-electron chi connectivity index (χ0n) is 18.8. The Bertz CT molecular complexity index is 809. The first-order valence-corrected chi connectivity index (χ1v) is 12.3. The summed E-state index contributed by atoms with van der Waals surface area (Å²) in [5.41, 5.74) is 0.971. The van der Waals surface area contributed by atoms with Gasteiger partial charge < -0.3 is 19.4 Å². The molecule has 1 amide bonds. The maximum Gasteiger partial charge on any atom is 0.228 e. The van der Waals surface area contributed by atoms with Gasteiger partial charge in [-0.3, -0.25) is 4.79 Å². The second-order valence-corrected chi connectivity index (χ2v) is 10.7. The van der Waals surface area contributed by atoms with Gasteiger partial charge in [-0.2, -0.15) is 4.98 Å². The number of aryl methyl sites for hydroxylation is 1. The van der Waals surface area contributed by atoms with Gasteiger partial charge in [0.05, 0.1) is 18.6 Å². The molecule has 1 aromatic heterocycles. The number of rotatable bonds is 3. The lowest BCUT2D eigenvalue weighted by molar-refractivity contribution is -0.158. The number of piperazine rings is 1. The molecule has 7 rings (SSSR count). The molecule has 7 nitrogen and oxygen atoms in total. The van der Waals surface area contributed by atoms with Gasteiger partial charge in [-0.15, -0.1) is 0 Å². The van der Waals surface area contributed by atoms with Crippen molar-refractivity contribution in [1.82, 2.24) is 14.9 Å². The molecule has 4 saturated carbocycles. The lowest BCUT2D eigenvalue weighted by Gasteiger charge is -2.57. The molecule has 7 heteroatoms. The molecule has 0 unspecified atom stereocenters. The number of nitrogens with zero attached hydrogens (tertiary/aromatic N) is 5. The van der Waals surface area contributed by atoms with E-state index in [0.717, 1.165) is 107 Å². The van der Waals surface area contributed by atoms with Crippen molar-refractivity contribution in [2.45, 2.75) is 45.4 Å². The average molecular weight is 426 g/mol. The number of hydrogen-bond donors (Lipinski definition) is 0. The fraction of sp³-hybridized carbons (Fsp3) is 0.792. The zero-order valence-corrected chi connectivity index (χ0v) is 18.8. The van der Waals surface area contributed by atoms with Crippen LogP contribution in [0, 0.1) is 30.1 Å². The van der Waals surface area contributed by atoms with Crippen molar-refractivity contribution in [3.05, 3.63) is 11.8 Å². The van der Waals surface area contributed by atoms with Crippen molar-refractivity contribution in [3.8, 4) is 0 Å². The third kappa shape index (κ3) is 3.59. The van der Waals surface area contributed by atoms with E-state index in [1.165, 1.54) is 19.3 Å². The summed E-state index contributed by atoms with van der Waals surface area (Å²) >= 11 is 0. The van der Waals surface area contributed by atoms with Crippen LogP contribution in [0.5, 0.6) is 0 Å². The van der Waals surface area contributed by atoms with Gasteiger partial charge in [0.2, 0.25) is 11.9 Å². The van der Waals surface area contributed by atoms with Gasteiger partial charge >= 0.3 is 0 Å². The van der Waals surface area contributed by atoms with Crippen molar-refractivity contribution >= 4 is 17.7 Å². The van der Waals surface area contributed by atoms with Gasteiger partial charge in [0.15, 0.2) is 0 Å². The minimum atomic E-state index is -0.0275. The highest BCUT2D eigenvalue weighted by Crippen LogP contribution is 2.60. The fourth-order valence-electron chi connectivity index (χ4n) is 7.45. The number of carbonyl (C=O) groups excluding carboxylic acids is 1. The van der Waals surface area contributed by atoms with E-state index in [1.807, 2.05) is 6.92 Å². The molecule has 4 aliphatic carbocycles. The highest BCUT2D eigenvalue weighted by Gasteiger charge is 2.55. The number of anilines is 2. The van der Waals surface area contributed by atoms with Crippen LogP contribution >= 0.6 is 0 Å². The van der Waals surface area contributed by atoms with E-state index in [0.29, 0.717) is 5.91 Å². The first kappa shape index (κ1) is 19.8. The summed E-state index contributed by atoms with van der Waals surface area (Å²) in [7, 11) is 0. The number of amides is 1. The first-order chi connectivity index (χ1) is 15.1. The summed E-state index contributed by atoms with van der Waals surface area (Å²) in [6.45, 7) is 8.55. The summed E-state index contributed by atoms with van der Waals surface area (Å²) in [5, 5.41) is 0. The highest BCUT2D eigenvalue weighted by molar-refractivity contribution is 5.83. The quantitative estimate of drug-likeness (QED) is 0.742. The molecule has 1 aromatic rings. The van der Waals surface area contributed by atoms with Crippen LogP contribution in [0.4, 0.5) is 11.8 Å². The fourth-order valence-corrected chi connectivity index (χ4v) is 7.45. The Morgan fingerprint density at radius 1 is 0.903 bits per heavy atom. The molecule has 0 N–H and O–H groups in total. The van der Waals surface area contributed by atoms with Crippen molar-refractivity contribution in [2.75, 3.05) is 62.3 Å². The van der Waals surface area contributed by atoms with Crippen LogP contribution in [0.3, 0.4) is 0 Å². The maximum absolute atomic E-state index is 13.7. The van der Waals surface area contributed by atoms with Gasteiger partial charge in [0, 0.05) is 51.0 Å². The number of carbonyl (C=O) groups is 1. The van der Waals surface area contributed by atoms with Gasteiger partial charge in [-0.05, 0) is 63.2 Å². The summed E-state index contributed by atoms with van der Waals surface area (Å²) in [6, 6.07) is 2.07. The number of ether oxygens (including phenoxy) is 1. The zero-order chi connectivity index (χ0) is 21.0. The van der Waals surface area contributed by atoms with E-state index in [9.17, 15) is 4.79 Å². The van der Waals surface area contributed by atoms with E-state index in [4.69, 9.17) is 14.7 Å². The molecule has 6 fully saturated rings. The molecule has 0 aromatic carbocycles. The maximum atomic E-state index is 13.7. The number of aromatic nitrogens is 2. The van der Waals surface area contributed by atoms with Crippen molar-refractivity contribution in [3.63, 3.8) is 0 Å². The average Bonchev–Trinajstić information content (AvgIpc) is 2.78. The van der Waals surface area contributed by atoms with E-state index in [2.05, 4.69) is 20.8 Å². The topological polar surface area (TPSA) is 61.8 Å². The second-order valence-electron chi connectivity index (χ2n) is 10.7. The molecular weight excluding hydrogens is 390 g/mol. The minimum Gasteiger partial charge on any atom is -0.378 e. The van der Waals surface area contributed by atoms with Crippen LogP contribution in [0.1, 0.15) is 44.2 Å². The number of morpholine rings is 1. The van der Waals surface area contributed by atoms with Crippen LogP contribution < -0.4 is 9.80 Å². The highest BCUT2D eigenvalue weighted by atomic mass is 16.5. The Labute approximate surface area is 185 Å². The molecule has 3 heterocycles. The molecule has 6 aliphatic rings. The molecule has 31 heavy (non-hydrogen) atoms. The second kappa shape index (κ2) is 7.61. The molecule has 0 spiro atoms. The van der Waals surface area contributed by atoms with E-state index in [-0.39, 0.29) is 5.41 Å². The minimum absolute atomic E-state index is 0.0275. The molecule has 2 saturated heterocycles. The number of hydrogen-bond acceptors (Lipinski definition) is 6. The Morgan fingerprint density at radius 2 is 1.52 bits per heavy atom. The van der Waals surface area contributed by atoms with Crippen LogP contribution in [0.25, 0.3) is 0 Å². The van der Waals surface area contributed by atoms with Gasteiger partial charge in [-0.1, -0.05) is 0 Å². The third-order valence-electron chi connectivity index (χ3n) is 8.51. The predicted molar refractivity (Wildman–Crippen MR) is 119 cm³/mol. The van der Waals surface area contributed by atoms with E-state index in [1.54, 1.807) is 0 Å². The first-order valence-electron chi connectivity index (χ1n) is 12.3. The summed E-state index contributed by atoms with van der Waals surface area (Å²) < 4.78 is 5.49. The Kier molecular flexibility index (Phi) is 4.85. The third-order valence-corrected chi connectivity index (χ3v) is 8.51. The van der Waals surface area contributed by atoms with Crippen LogP contribution in [0.15, 0.2) is 6.07 Å². The summed E-state index contributed by atoms with van der Waals surface area (Å²) in [6.07, 6.45) is 7.62. The lowest BCUT2D eigenvalue weighted by Crippen LogP contribution is -2.58. The molecule has 0 radical (unpaired) electrons. The Morgan fingerprint density at radius 3 is 2.13 bits per heavy atom. The summed E-state index contributed by atoms with van der Waals surface area (Å²) in [5.74, 6) is 4.72. The predicted octanol–water partition coefficient (Wildman–Crippen LogP) is 2.49. The van der Waals surface area contributed by atoms with Crippen molar-refractivity contribution in [2.24, 2.45) is 23.2 Å². The molecule has 168 valence electrons. The smallest absolute Gasteiger partial charge is 0.228 e. The lowest BCUT2D eigenvalue weighted by atomic mass is 9.49. The molecule has 4 bridgehead atoms. The van der Waals surface area contributed by atoms with Crippen molar-refractivity contribution < 1.29 is 9.53 Å². The van der Waals surface area contributed by atoms with E-state index < -0.39 is 0 Å². The van der Waals surface area contributed by atoms with Crippen LogP contribution in [-0.2, 0) is 9.53 Å². The largest absolute Gasteiger partial charge is 0.378 e. The normalized spacial score (nSPS) is 35.0. The standard InChI is InChI=1S/C24H35N5O2/c1-17-10-21(27-6-8-31-9-7-27)26-23(25-17)29-4-2-28(3-5-29)22(30)24-14-18-11-19(15-24)13-20(12-18)16-24/h10,18-20H,2-9,11-16H2,1H3. The Hall–Kier alpha value is -1.89. The molecule has 0 atom stereocenters. The Balaban J connectivity index is 1.13.